The molecule has 118 valence electrons. The van der Waals surface area contributed by atoms with Crippen LogP contribution in [0.25, 0.3) is 0 Å². The number of aryl methyl sites for hydroxylation is 1. The largest absolute Gasteiger partial charge is 0.464 e. The van der Waals surface area contributed by atoms with Gasteiger partial charge in [0.05, 0.1) is 19.6 Å². The van der Waals surface area contributed by atoms with Crippen molar-refractivity contribution in [3.05, 3.63) is 17.7 Å². The van der Waals surface area contributed by atoms with E-state index in [1.54, 1.807) is 0 Å². The Hall–Kier alpha value is -1.41. The number of sulfonamides is 1. The Bertz CT molecular complexity index is 623. The van der Waals surface area contributed by atoms with E-state index >= 15 is 0 Å². The zero-order valence-corrected chi connectivity index (χ0v) is 13.4. The van der Waals surface area contributed by atoms with Crippen LogP contribution in [0.5, 0.6) is 0 Å². The van der Waals surface area contributed by atoms with Crippen LogP contribution in [0.3, 0.4) is 0 Å². The topological polar surface area (TPSA) is 81.5 Å². The second-order valence-electron chi connectivity index (χ2n) is 5.42. The number of piperidine rings is 1. The number of carbonyl (C=O) groups is 1. The molecular formula is C13H21N3O4S. The molecule has 0 aromatic carbocycles. The van der Waals surface area contributed by atoms with Gasteiger partial charge in [0.1, 0.15) is 11.5 Å². The summed E-state index contributed by atoms with van der Waals surface area (Å²) in [4.78, 5) is 15.9. The summed E-state index contributed by atoms with van der Waals surface area (Å²) in [5.74, 6) is 0.475. The number of imidazole rings is 1. The zero-order valence-electron chi connectivity index (χ0n) is 12.6. The van der Waals surface area contributed by atoms with Crippen molar-refractivity contribution < 1.29 is 17.9 Å². The third-order valence-corrected chi connectivity index (χ3v) is 5.11. The fourth-order valence-electron chi connectivity index (χ4n) is 2.70. The molecule has 1 aliphatic rings. The average molecular weight is 315 g/mol. The van der Waals surface area contributed by atoms with Crippen molar-refractivity contribution in [3.63, 3.8) is 0 Å². The van der Waals surface area contributed by atoms with E-state index in [9.17, 15) is 13.2 Å². The lowest BCUT2D eigenvalue weighted by Crippen LogP contribution is -2.40. The van der Waals surface area contributed by atoms with E-state index in [1.165, 1.54) is 23.9 Å². The molecule has 2 rings (SSSR count). The van der Waals surface area contributed by atoms with Crippen LogP contribution in [0, 0.1) is 12.8 Å². The molecule has 2 heterocycles. The summed E-state index contributed by atoms with van der Waals surface area (Å²) in [5, 5.41) is 0. The summed E-state index contributed by atoms with van der Waals surface area (Å²) in [7, 11) is -1.83. The Morgan fingerprint density at radius 3 is 2.86 bits per heavy atom. The minimum absolute atomic E-state index is 0.171. The molecule has 0 saturated carbocycles. The van der Waals surface area contributed by atoms with Crippen LogP contribution in [0.15, 0.2) is 6.20 Å². The molecule has 0 amide bonds. The molecule has 0 N–H and O–H groups in total. The maximum Gasteiger partial charge on any atom is 0.356 e. The van der Waals surface area contributed by atoms with Crippen LogP contribution in [0.4, 0.5) is 0 Å². The van der Waals surface area contributed by atoms with E-state index in [4.69, 9.17) is 4.74 Å². The minimum Gasteiger partial charge on any atom is -0.464 e. The molecule has 0 aliphatic carbocycles. The van der Waals surface area contributed by atoms with Crippen LogP contribution in [0.2, 0.25) is 0 Å². The lowest BCUT2D eigenvalue weighted by atomic mass is 9.99. The van der Waals surface area contributed by atoms with E-state index in [0.717, 1.165) is 18.7 Å². The predicted octanol–water partition coefficient (Wildman–Crippen LogP) is 0.650. The van der Waals surface area contributed by atoms with E-state index in [0.29, 0.717) is 25.3 Å². The third-order valence-electron chi connectivity index (χ3n) is 3.84. The second-order valence-corrected chi connectivity index (χ2v) is 7.40. The van der Waals surface area contributed by atoms with Crippen molar-refractivity contribution >= 4 is 16.0 Å². The normalized spacial score (nSPS) is 20.4. The van der Waals surface area contributed by atoms with Crippen LogP contribution in [0.1, 0.15) is 29.2 Å². The third kappa shape index (κ3) is 3.62. The molecule has 1 aromatic heterocycles. The van der Waals surface area contributed by atoms with Crippen LogP contribution in [-0.4, -0.2) is 54.7 Å². The minimum atomic E-state index is -3.16. The first-order chi connectivity index (χ1) is 9.82. The molecule has 1 aromatic rings. The van der Waals surface area contributed by atoms with Gasteiger partial charge in [-0.25, -0.2) is 22.5 Å². The van der Waals surface area contributed by atoms with Crippen molar-refractivity contribution in [2.24, 2.45) is 5.92 Å². The molecule has 1 saturated heterocycles. The van der Waals surface area contributed by atoms with Gasteiger partial charge < -0.3 is 9.30 Å². The number of ether oxygens (including phenoxy) is 1. The summed E-state index contributed by atoms with van der Waals surface area (Å²) in [6.45, 7) is 3.45. The quantitative estimate of drug-likeness (QED) is 0.762. The first-order valence-electron chi connectivity index (χ1n) is 6.88. The van der Waals surface area contributed by atoms with Gasteiger partial charge in [-0.3, -0.25) is 0 Å². The van der Waals surface area contributed by atoms with Crippen molar-refractivity contribution in [2.45, 2.75) is 26.3 Å². The summed E-state index contributed by atoms with van der Waals surface area (Å²) in [5.41, 5.74) is 0.409. The van der Waals surface area contributed by atoms with Crippen molar-refractivity contribution in [1.29, 1.82) is 0 Å². The van der Waals surface area contributed by atoms with E-state index in [-0.39, 0.29) is 5.92 Å². The van der Waals surface area contributed by atoms with Gasteiger partial charge in [-0.2, -0.15) is 0 Å². The Balaban J connectivity index is 2.15. The van der Waals surface area contributed by atoms with Crippen molar-refractivity contribution in [2.75, 3.05) is 26.5 Å². The molecule has 0 spiro atoms. The summed E-state index contributed by atoms with van der Waals surface area (Å²) >= 11 is 0. The smallest absolute Gasteiger partial charge is 0.356 e. The Morgan fingerprint density at radius 2 is 2.24 bits per heavy atom. The molecule has 1 atom stereocenters. The van der Waals surface area contributed by atoms with Gasteiger partial charge in [0.15, 0.2) is 0 Å². The lowest BCUT2D eigenvalue weighted by molar-refractivity contribution is 0.0585. The molecule has 1 aliphatic heterocycles. The fraction of sp³-hybridized carbons (Fsp3) is 0.692. The zero-order chi connectivity index (χ0) is 15.6. The highest BCUT2D eigenvalue weighted by Gasteiger charge is 2.27. The molecule has 0 bridgehead atoms. The Kier molecular flexibility index (Phi) is 4.67. The number of hydrogen-bond donors (Lipinski definition) is 0. The number of esters is 1. The standard InChI is InChI=1S/C13H21N3O4S/c1-10-14-7-12(13(17)20-2)16(10)9-11-5-4-6-15(8-11)21(3,18)19/h7,11H,4-6,8-9H2,1-3H3. The maximum atomic E-state index is 11.7. The monoisotopic (exact) mass is 315 g/mol. The first kappa shape index (κ1) is 16.0. The van der Waals surface area contributed by atoms with Crippen LogP contribution in [-0.2, 0) is 21.3 Å². The number of rotatable bonds is 4. The number of methoxy groups -OCH3 is 1. The molecular weight excluding hydrogens is 294 g/mol. The van der Waals surface area contributed by atoms with Crippen LogP contribution >= 0.6 is 0 Å². The summed E-state index contributed by atoms with van der Waals surface area (Å²) < 4.78 is 31.4. The summed E-state index contributed by atoms with van der Waals surface area (Å²) in [6.07, 6.45) is 4.50. The van der Waals surface area contributed by atoms with E-state index < -0.39 is 16.0 Å². The maximum absolute atomic E-state index is 11.7. The fourth-order valence-corrected chi connectivity index (χ4v) is 3.64. The Labute approximate surface area is 125 Å². The van der Waals surface area contributed by atoms with Gasteiger partial charge in [0.25, 0.3) is 0 Å². The van der Waals surface area contributed by atoms with E-state index in [1.807, 2.05) is 11.5 Å². The lowest BCUT2D eigenvalue weighted by Gasteiger charge is -2.31. The first-order valence-corrected chi connectivity index (χ1v) is 8.73. The summed E-state index contributed by atoms with van der Waals surface area (Å²) in [6, 6.07) is 0. The van der Waals surface area contributed by atoms with Gasteiger partial charge >= 0.3 is 5.97 Å². The highest BCUT2D eigenvalue weighted by molar-refractivity contribution is 7.88. The molecule has 7 nitrogen and oxygen atoms in total. The van der Waals surface area contributed by atoms with Crippen LogP contribution < -0.4 is 0 Å². The van der Waals surface area contributed by atoms with Crippen molar-refractivity contribution in [3.8, 4) is 0 Å². The average Bonchev–Trinajstić information content (AvgIpc) is 2.79. The molecule has 1 unspecified atom stereocenters. The highest BCUT2D eigenvalue weighted by atomic mass is 32.2. The number of aromatic nitrogens is 2. The highest BCUT2D eigenvalue weighted by Crippen LogP contribution is 2.21. The Morgan fingerprint density at radius 1 is 1.52 bits per heavy atom. The number of hydrogen-bond acceptors (Lipinski definition) is 5. The van der Waals surface area contributed by atoms with Crippen molar-refractivity contribution in [1.82, 2.24) is 13.9 Å². The number of carbonyl (C=O) groups excluding carboxylic acids is 1. The van der Waals surface area contributed by atoms with Gasteiger partial charge in [0.2, 0.25) is 10.0 Å². The molecule has 8 heteroatoms. The SMILES string of the molecule is COC(=O)c1cnc(C)n1CC1CCCN(S(C)(=O)=O)C1. The van der Waals surface area contributed by atoms with Gasteiger partial charge in [-0.1, -0.05) is 0 Å². The number of nitrogens with zero attached hydrogens (tertiary/aromatic N) is 3. The molecule has 1 fully saturated rings. The second kappa shape index (κ2) is 6.15. The molecule has 21 heavy (non-hydrogen) atoms. The van der Waals surface area contributed by atoms with Gasteiger partial charge in [-0.15, -0.1) is 0 Å². The van der Waals surface area contributed by atoms with Gasteiger partial charge in [-0.05, 0) is 25.7 Å². The van der Waals surface area contributed by atoms with E-state index in [2.05, 4.69) is 4.98 Å². The predicted molar refractivity (Wildman–Crippen MR) is 77.4 cm³/mol. The van der Waals surface area contributed by atoms with Gasteiger partial charge in [0, 0.05) is 19.6 Å². The molecule has 0 radical (unpaired) electrons.